The summed E-state index contributed by atoms with van der Waals surface area (Å²) in [7, 11) is -1.54. The second-order valence-electron chi connectivity index (χ2n) is 7.18. The van der Waals surface area contributed by atoms with E-state index in [9.17, 15) is 13.2 Å². The van der Waals surface area contributed by atoms with E-state index < -0.39 is 10.0 Å². The Morgan fingerprint density at radius 2 is 1.72 bits per heavy atom. The summed E-state index contributed by atoms with van der Waals surface area (Å²) in [4.78, 5) is 16.9. The molecule has 1 aliphatic rings. The minimum atomic E-state index is -3.59. The topological polar surface area (TPSA) is 69.7 Å². The number of likely N-dealkylation sites (N-methyl/N-ethyl adjacent to an activating group) is 1. The number of hydrogen-bond acceptors (Lipinski definition) is 4. The molecule has 1 atom stereocenters. The Labute approximate surface area is 172 Å². The third kappa shape index (κ3) is 6.25. The summed E-state index contributed by atoms with van der Waals surface area (Å²) >= 11 is 0. The normalized spacial score (nSPS) is 18.2. The molecule has 0 saturated carbocycles. The molecule has 2 aromatic rings. The summed E-state index contributed by atoms with van der Waals surface area (Å²) in [6.07, 6.45) is 1.67. The van der Waals surface area contributed by atoms with Crippen LogP contribution >= 0.6 is 0 Å². The molecular weight excluding hydrogens is 386 g/mol. The monoisotopic (exact) mass is 413 g/mol. The molecular formula is C22H27N3O3S. The summed E-state index contributed by atoms with van der Waals surface area (Å²) in [6, 6.07) is 19.2. The number of nitrogens with one attached hydrogen (secondary N) is 1. The molecule has 1 fully saturated rings. The summed E-state index contributed by atoms with van der Waals surface area (Å²) in [5, 5.41) is 1.13. The van der Waals surface area contributed by atoms with Gasteiger partial charge < -0.3 is 9.80 Å². The average Bonchev–Trinajstić information content (AvgIpc) is 2.73. The van der Waals surface area contributed by atoms with Gasteiger partial charge in [-0.3, -0.25) is 4.79 Å². The molecule has 0 spiro atoms. The fraction of sp³-hybridized carbons (Fsp3) is 0.318. The minimum absolute atomic E-state index is 0.0166. The molecule has 3 rings (SSSR count). The largest absolute Gasteiger partial charge is 0.333 e. The summed E-state index contributed by atoms with van der Waals surface area (Å²) in [6.45, 7) is 2.28. The number of amides is 1. The van der Waals surface area contributed by atoms with Gasteiger partial charge in [0.2, 0.25) is 15.9 Å². The highest BCUT2D eigenvalue weighted by molar-refractivity contribution is 7.92. The third-order valence-corrected chi connectivity index (χ3v) is 6.07. The van der Waals surface area contributed by atoms with Crippen LogP contribution in [0.15, 0.2) is 66.1 Å². The van der Waals surface area contributed by atoms with E-state index in [0.29, 0.717) is 6.54 Å². The highest BCUT2D eigenvalue weighted by Gasteiger charge is 2.29. The van der Waals surface area contributed by atoms with Gasteiger partial charge in [-0.05, 0) is 24.3 Å². The maximum Gasteiger partial charge on any atom is 0.233 e. The number of hydrogen-bond donors (Lipinski definition) is 1. The molecule has 0 aliphatic carbocycles. The zero-order valence-electron chi connectivity index (χ0n) is 16.6. The predicted molar refractivity (Wildman–Crippen MR) is 115 cm³/mol. The van der Waals surface area contributed by atoms with E-state index in [4.69, 9.17) is 0 Å². The van der Waals surface area contributed by atoms with Crippen LogP contribution in [0.5, 0.6) is 0 Å². The Balaban J connectivity index is 1.57. The first-order valence-electron chi connectivity index (χ1n) is 9.70. The Bertz CT molecular complexity index is 930. The van der Waals surface area contributed by atoms with Crippen LogP contribution in [0.25, 0.3) is 6.08 Å². The first-order chi connectivity index (χ1) is 13.9. The van der Waals surface area contributed by atoms with Gasteiger partial charge in [0.05, 0.1) is 6.04 Å². The number of nitrogens with zero attached hydrogens (tertiary/aromatic N) is 2. The Hall–Kier alpha value is -2.48. The van der Waals surface area contributed by atoms with E-state index in [0.717, 1.165) is 29.6 Å². The molecule has 1 aliphatic heterocycles. The van der Waals surface area contributed by atoms with Gasteiger partial charge in [-0.15, -0.1) is 0 Å². The highest BCUT2D eigenvalue weighted by Crippen LogP contribution is 2.25. The van der Waals surface area contributed by atoms with Crippen LogP contribution in [0, 0.1) is 0 Å². The van der Waals surface area contributed by atoms with Crippen LogP contribution < -0.4 is 4.72 Å². The number of benzene rings is 2. The van der Waals surface area contributed by atoms with Gasteiger partial charge in [0.1, 0.15) is 0 Å². The van der Waals surface area contributed by atoms with E-state index in [-0.39, 0.29) is 24.9 Å². The summed E-state index contributed by atoms with van der Waals surface area (Å²) < 4.78 is 26.8. The van der Waals surface area contributed by atoms with Crippen molar-refractivity contribution in [1.29, 1.82) is 0 Å². The smallest absolute Gasteiger partial charge is 0.233 e. The van der Waals surface area contributed by atoms with E-state index in [1.54, 1.807) is 0 Å². The van der Waals surface area contributed by atoms with Gasteiger partial charge >= 0.3 is 0 Å². The fourth-order valence-corrected chi connectivity index (χ4v) is 4.22. The van der Waals surface area contributed by atoms with Gasteiger partial charge in [0.15, 0.2) is 0 Å². The second kappa shape index (κ2) is 9.82. The van der Waals surface area contributed by atoms with Crippen LogP contribution in [0.2, 0.25) is 0 Å². The van der Waals surface area contributed by atoms with Gasteiger partial charge in [-0.25, -0.2) is 13.1 Å². The van der Waals surface area contributed by atoms with Crippen LogP contribution in [0.4, 0.5) is 0 Å². The number of piperazine rings is 1. The van der Waals surface area contributed by atoms with Crippen molar-refractivity contribution in [1.82, 2.24) is 14.5 Å². The molecule has 2 aromatic carbocycles. The Kier molecular flexibility index (Phi) is 7.19. The van der Waals surface area contributed by atoms with E-state index >= 15 is 0 Å². The first-order valence-corrected chi connectivity index (χ1v) is 11.2. The SMILES string of the molecule is CN1CCN(C(=O)CCNS(=O)(=O)/C=C/c2ccccc2)C(c2ccccc2)C1. The zero-order chi connectivity index (χ0) is 20.7. The minimum Gasteiger partial charge on any atom is -0.333 e. The average molecular weight is 414 g/mol. The lowest BCUT2D eigenvalue weighted by Crippen LogP contribution is -2.49. The van der Waals surface area contributed by atoms with Crippen molar-refractivity contribution in [3.8, 4) is 0 Å². The highest BCUT2D eigenvalue weighted by atomic mass is 32.2. The molecule has 29 heavy (non-hydrogen) atoms. The number of carbonyl (C=O) groups excluding carboxylic acids is 1. The number of carbonyl (C=O) groups is 1. The van der Waals surface area contributed by atoms with Gasteiger partial charge in [-0.1, -0.05) is 60.7 Å². The number of rotatable bonds is 7. The van der Waals surface area contributed by atoms with Crippen molar-refractivity contribution < 1.29 is 13.2 Å². The first kappa shape index (κ1) is 21.2. The van der Waals surface area contributed by atoms with Crippen molar-refractivity contribution in [2.24, 2.45) is 0 Å². The third-order valence-electron chi connectivity index (χ3n) is 4.97. The van der Waals surface area contributed by atoms with Crippen molar-refractivity contribution >= 4 is 22.0 Å². The predicted octanol–water partition coefficient (Wildman–Crippen LogP) is 2.48. The molecule has 7 heteroatoms. The van der Waals surface area contributed by atoms with Gasteiger partial charge in [-0.2, -0.15) is 0 Å². The van der Waals surface area contributed by atoms with Crippen LogP contribution in [-0.2, 0) is 14.8 Å². The molecule has 1 saturated heterocycles. The molecule has 6 nitrogen and oxygen atoms in total. The lowest BCUT2D eigenvalue weighted by Gasteiger charge is -2.40. The molecule has 1 heterocycles. The van der Waals surface area contributed by atoms with Gasteiger partial charge in [0.25, 0.3) is 0 Å². The fourth-order valence-electron chi connectivity index (χ4n) is 3.40. The maximum absolute atomic E-state index is 12.8. The lowest BCUT2D eigenvalue weighted by atomic mass is 10.0. The summed E-state index contributed by atoms with van der Waals surface area (Å²) in [5.74, 6) is -0.0401. The molecule has 1 amide bonds. The van der Waals surface area contributed by atoms with Gasteiger partial charge in [0, 0.05) is 38.0 Å². The molecule has 1 unspecified atom stereocenters. The van der Waals surface area contributed by atoms with Crippen LogP contribution in [0.1, 0.15) is 23.6 Å². The van der Waals surface area contributed by atoms with Crippen molar-refractivity contribution in [3.05, 3.63) is 77.2 Å². The zero-order valence-corrected chi connectivity index (χ0v) is 17.4. The van der Waals surface area contributed by atoms with E-state index in [1.807, 2.05) is 72.6 Å². The molecule has 154 valence electrons. The molecule has 0 aromatic heterocycles. The Morgan fingerprint density at radius 1 is 1.07 bits per heavy atom. The lowest BCUT2D eigenvalue weighted by molar-refractivity contribution is -0.136. The van der Waals surface area contributed by atoms with E-state index in [1.165, 1.54) is 6.08 Å². The summed E-state index contributed by atoms with van der Waals surface area (Å²) in [5.41, 5.74) is 1.90. The Morgan fingerprint density at radius 3 is 2.41 bits per heavy atom. The maximum atomic E-state index is 12.8. The standard InChI is InChI=1S/C22H27N3O3S/c1-24-15-16-25(21(18-24)20-10-6-3-7-11-20)22(26)12-14-23-29(27,28)17-13-19-8-4-2-5-9-19/h2-11,13,17,21,23H,12,14-16,18H2,1H3/b17-13+. The second-order valence-corrected chi connectivity index (χ2v) is 8.83. The van der Waals surface area contributed by atoms with E-state index in [2.05, 4.69) is 9.62 Å². The number of sulfonamides is 1. The molecule has 0 radical (unpaired) electrons. The van der Waals surface area contributed by atoms with Crippen molar-refractivity contribution in [2.75, 3.05) is 33.2 Å². The van der Waals surface area contributed by atoms with Crippen molar-refractivity contribution in [3.63, 3.8) is 0 Å². The quantitative estimate of drug-likeness (QED) is 0.757. The molecule has 0 bridgehead atoms. The van der Waals surface area contributed by atoms with Crippen LogP contribution in [0.3, 0.4) is 0 Å². The van der Waals surface area contributed by atoms with Crippen molar-refractivity contribution in [2.45, 2.75) is 12.5 Å². The van der Waals surface area contributed by atoms with Crippen LogP contribution in [-0.4, -0.2) is 57.4 Å². The molecule has 1 N–H and O–H groups in total.